The molecule has 0 heterocycles. The molecule has 0 bridgehead atoms. The van der Waals surface area contributed by atoms with Gasteiger partial charge in [0.05, 0.1) is 12.1 Å². The molecule has 11 heteroatoms. The van der Waals surface area contributed by atoms with E-state index in [1.807, 2.05) is 0 Å². The topological polar surface area (TPSA) is 197 Å². The standard InChI is InChI=1S/C18H35N5O6/c1-9(2)13(16(26)21-12(18(28)29)7-5-6-8-19)22-17(27)14(11(4)24)23-15(25)10(3)20/h9-14,24H,5-8,19-20H2,1-4H3,(H,21,26)(H,22,27)(H,23,25)(H,28,29). The number of rotatable bonds is 13. The molecule has 0 aromatic carbocycles. The van der Waals surface area contributed by atoms with Crippen LogP contribution < -0.4 is 27.4 Å². The normalized spacial score (nSPS) is 16.3. The first-order valence-electron chi connectivity index (χ1n) is 9.69. The summed E-state index contributed by atoms with van der Waals surface area (Å²) in [5.41, 5.74) is 10.9. The van der Waals surface area contributed by atoms with Gasteiger partial charge < -0.3 is 37.6 Å². The number of carboxylic acids is 1. The minimum atomic E-state index is -1.32. The number of amides is 3. The molecule has 9 N–H and O–H groups in total. The smallest absolute Gasteiger partial charge is 0.326 e. The van der Waals surface area contributed by atoms with Crippen molar-refractivity contribution in [2.24, 2.45) is 17.4 Å². The van der Waals surface area contributed by atoms with Crippen molar-refractivity contribution in [1.29, 1.82) is 0 Å². The average molecular weight is 418 g/mol. The fourth-order valence-electron chi connectivity index (χ4n) is 2.48. The molecule has 0 aliphatic heterocycles. The second-order valence-electron chi connectivity index (χ2n) is 7.43. The second-order valence-corrected chi connectivity index (χ2v) is 7.43. The third kappa shape index (κ3) is 9.68. The van der Waals surface area contributed by atoms with E-state index in [-0.39, 0.29) is 12.3 Å². The van der Waals surface area contributed by atoms with Gasteiger partial charge in [0.15, 0.2) is 0 Å². The summed E-state index contributed by atoms with van der Waals surface area (Å²) in [6.45, 7) is 6.50. The van der Waals surface area contributed by atoms with E-state index < -0.39 is 54.0 Å². The molecule has 0 spiro atoms. The van der Waals surface area contributed by atoms with Crippen LogP contribution in [0.3, 0.4) is 0 Å². The molecule has 0 aromatic heterocycles. The summed E-state index contributed by atoms with van der Waals surface area (Å²) in [6.07, 6.45) is 0.119. The first-order chi connectivity index (χ1) is 13.4. The van der Waals surface area contributed by atoms with Crippen LogP contribution >= 0.6 is 0 Å². The maximum atomic E-state index is 12.6. The van der Waals surface area contributed by atoms with E-state index in [0.717, 1.165) is 0 Å². The Balaban J connectivity index is 5.22. The summed E-state index contributed by atoms with van der Waals surface area (Å²) in [5, 5.41) is 26.4. The van der Waals surface area contributed by atoms with Crippen molar-refractivity contribution in [2.75, 3.05) is 6.54 Å². The number of unbranched alkanes of at least 4 members (excludes halogenated alkanes) is 1. The first-order valence-corrected chi connectivity index (χ1v) is 9.69. The van der Waals surface area contributed by atoms with E-state index in [9.17, 15) is 29.4 Å². The molecular weight excluding hydrogens is 382 g/mol. The van der Waals surface area contributed by atoms with E-state index in [0.29, 0.717) is 19.4 Å². The average Bonchev–Trinajstić information content (AvgIpc) is 2.61. The number of aliphatic hydroxyl groups is 1. The summed E-state index contributed by atoms with van der Waals surface area (Å²) >= 11 is 0. The van der Waals surface area contributed by atoms with Gasteiger partial charge in [0.1, 0.15) is 18.1 Å². The van der Waals surface area contributed by atoms with Gasteiger partial charge in [-0.3, -0.25) is 14.4 Å². The maximum absolute atomic E-state index is 12.6. The number of carbonyl (C=O) groups excluding carboxylic acids is 3. The molecule has 0 radical (unpaired) electrons. The highest BCUT2D eigenvalue weighted by molar-refractivity contribution is 5.94. The Kier molecular flexibility index (Phi) is 12.1. The van der Waals surface area contributed by atoms with Crippen LogP contribution in [0.1, 0.15) is 47.0 Å². The van der Waals surface area contributed by atoms with E-state index in [4.69, 9.17) is 11.5 Å². The summed E-state index contributed by atoms with van der Waals surface area (Å²) in [5.74, 6) is -3.65. The molecule has 168 valence electrons. The number of hydrogen-bond donors (Lipinski definition) is 7. The van der Waals surface area contributed by atoms with Gasteiger partial charge in [0, 0.05) is 0 Å². The number of aliphatic carboxylic acids is 1. The van der Waals surface area contributed by atoms with Crippen molar-refractivity contribution >= 4 is 23.7 Å². The molecule has 0 aliphatic carbocycles. The molecule has 5 atom stereocenters. The summed E-state index contributed by atoms with van der Waals surface area (Å²) in [4.78, 5) is 48.3. The van der Waals surface area contributed by atoms with Gasteiger partial charge >= 0.3 is 5.97 Å². The third-order valence-corrected chi connectivity index (χ3v) is 4.28. The molecule has 5 unspecified atom stereocenters. The van der Waals surface area contributed by atoms with Gasteiger partial charge in [0.2, 0.25) is 17.7 Å². The maximum Gasteiger partial charge on any atom is 0.326 e. The monoisotopic (exact) mass is 417 g/mol. The van der Waals surface area contributed by atoms with Crippen LogP contribution in [0.25, 0.3) is 0 Å². The lowest BCUT2D eigenvalue weighted by Gasteiger charge is -2.27. The molecule has 0 fully saturated rings. The lowest BCUT2D eigenvalue weighted by atomic mass is 10.0. The fourth-order valence-corrected chi connectivity index (χ4v) is 2.48. The molecule has 0 rings (SSSR count). The molecular formula is C18H35N5O6. The Labute approximate surface area is 171 Å². The van der Waals surface area contributed by atoms with Gasteiger partial charge in [0.25, 0.3) is 0 Å². The molecule has 11 nitrogen and oxygen atoms in total. The van der Waals surface area contributed by atoms with E-state index in [2.05, 4.69) is 16.0 Å². The Hall–Kier alpha value is -2.24. The fraction of sp³-hybridized carbons (Fsp3) is 0.778. The van der Waals surface area contributed by atoms with E-state index in [1.165, 1.54) is 13.8 Å². The second kappa shape index (κ2) is 13.1. The lowest BCUT2D eigenvalue weighted by Crippen LogP contribution is -2.60. The largest absolute Gasteiger partial charge is 0.480 e. The van der Waals surface area contributed by atoms with E-state index >= 15 is 0 Å². The zero-order chi connectivity index (χ0) is 22.7. The predicted molar refractivity (Wildman–Crippen MR) is 107 cm³/mol. The van der Waals surface area contributed by atoms with Crippen LogP contribution in [-0.2, 0) is 19.2 Å². The van der Waals surface area contributed by atoms with Crippen molar-refractivity contribution in [3.8, 4) is 0 Å². The molecule has 0 saturated carbocycles. The zero-order valence-electron chi connectivity index (χ0n) is 17.5. The SMILES string of the molecule is CC(N)C(=O)NC(C(=O)NC(C(=O)NC(CCCCN)C(=O)O)C(C)C)C(C)O. The Morgan fingerprint density at radius 1 is 0.862 bits per heavy atom. The van der Waals surface area contributed by atoms with Crippen molar-refractivity contribution in [1.82, 2.24) is 16.0 Å². The first kappa shape index (κ1) is 26.8. The molecule has 3 amide bonds. The van der Waals surface area contributed by atoms with Crippen LogP contribution in [0.2, 0.25) is 0 Å². The van der Waals surface area contributed by atoms with E-state index in [1.54, 1.807) is 13.8 Å². The summed E-state index contributed by atoms with van der Waals surface area (Å²) < 4.78 is 0. The van der Waals surface area contributed by atoms with Crippen LogP contribution in [0.15, 0.2) is 0 Å². The van der Waals surface area contributed by atoms with Gasteiger partial charge in [-0.1, -0.05) is 13.8 Å². The van der Waals surface area contributed by atoms with Crippen LogP contribution in [0, 0.1) is 5.92 Å². The van der Waals surface area contributed by atoms with Gasteiger partial charge in [-0.05, 0) is 45.6 Å². The van der Waals surface area contributed by atoms with Crippen molar-refractivity contribution in [3.05, 3.63) is 0 Å². The number of carbonyl (C=O) groups is 4. The zero-order valence-corrected chi connectivity index (χ0v) is 17.5. The van der Waals surface area contributed by atoms with Gasteiger partial charge in [-0.15, -0.1) is 0 Å². The van der Waals surface area contributed by atoms with Crippen LogP contribution in [0.4, 0.5) is 0 Å². The Morgan fingerprint density at radius 2 is 1.38 bits per heavy atom. The number of nitrogens with two attached hydrogens (primary N) is 2. The van der Waals surface area contributed by atoms with Crippen molar-refractivity contribution < 1.29 is 29.4 Å². The van der Waals surface area contributed by atoms with Crippen LogP contribution in [-0.4, -0.2) is 70.7 Å². The quantitative estimate of drug-likeness (QED) is 0.168. The summed E-state index contributed by atoms with van der Waals surface area (Å²) in [7, 11) is 0. The number of nitrogens with one attached hydrogen (secondary N) is 3. The molecule has 0 aromatic rings. The predicted octanol–water partition coefficient (Wildman–Crippen LogP) is -1.96. The minimum Gasteiger partial charge on any atom is -0.480 e. The minimum absolute atomic E-state index is 0.206. The number of hydrogen-bond acceptors (Lipinski definition) is 7. The Morgan fingerprint density at radius 3 is 1.79 bits per heavy atom. The number of carboxylic acid groups (broad SMARTS) is 1. The molecule has 29 heavy (non-hydrogen) atoms. The summed E-state index contributed by atoms with van der Waals surface area (Å²) in [6, 6.07) is -4.38. The highest BCUT2D eigenvalue weighted by atomic mass is 16.4. The van der Waals surface area contributed by atoms with Crippen LogP contribution in [0.5, 0.6) is 0 Å². The molecule has 0 saturated heterocycles. The third-order valence-electron chi connectivity index (χ3n) is 4.28. The lowest BCUT2D eigenvalue weighted by molar-refractivity contribution is -0.143. The molecule has 0 aliphatic rings. The Bertz CT molecular complexity index is 567. The highest BCUT2D eigenvalue weighted by Crippen LogP contribution is 2.07. The van der Waals surface area contributed by atoms with Gasteiger partial charge in [-0.2, -0.15) is 0 Å². The van der Waals surface area contributed by atoms with Crippen molar-refractivity contribution in [3.63, 3.8) is 0 Å². The number of aliphatic hydroxyl groups excluding tert-OH is 1. The highest BCUT2D eigenvalue weighted by Gasteiger charge is 2.33. The van der Waals surface area contributed by atoms with Crippen molar-refractivity contribution in [2.45, 2.75) is 77.2 Å². The van der Waals surface area contributed by atoms with Gasteiger partial charge in [-0.25, -0.2) is 4.79 Å².